The largest absolute Gasteiger partial charge is 0.416 e. The average molecular weight is 239 g/mol. The summed E-state index contributed by atoms with van der Waals surface area (Å²) in [6.45, 7) is 0. The molecule has 0 unspecified atom stereocenters. The maximum absolute atomic E-state index is 12.2. The van der Waals surface area contributed by atoms with Gasteiger partial charge < -0.3 is 0 Å². The van der Waals surface area contributed by atoms with Crippen molar-refractivity contribution in [3.8, 4) is 11.3 Å². The highest BCUT2D eigenvalue weighted by Gasteiger charge is 2.30. The molecule has 0 fully saturated rings. The van der Waals surface area contributed by atoms with Crippen molar-refractivity contribution in [3.05, 3.63) is 34.3 Å². The molecule has 0 aromatic heterocycles. The van der Waals surface area contributed by atoms with E-state index in [9.17, 15) is 13.2 Å². The first kappa shape index (κ1) is 11.2. The third kappa shape index (κ3) is 2.57. The molecular formula is C9H3Cl2F3. The van der Waals surface area contributed by atoms with Gasteiger partial charge >= 0.3 is 6.18 Å². The zero-order valence-corrected chi connectivity index (χ0v) is 8.13. The lowest BCUT2D eigenvalue weighted by Gasteiger charge is -2.06. The molecule has 1 aromatic carbocycles. The summed E-state index contributed by atoms with van der Waals surface area (Å²) in [5.41, 5.74) is -0.530. The van der Waals surface area contributed by atoms with Crippen molar-refractivity contribution in [2.45, 2.75) is 6.18 Å². The number of hydrogen-bond donors (Lipinski definition) is 0. The lowest BCUT2D eigenvalue weighted by molar-refractivity contribution is -0.137. The van der Waals surface area contributed by atoms with Gasteiger partial charge in [0.05, 0.1) is 10.6 Å². The summed E-state index contributed by atoms with van der Waals surface area (Å²) in [7, 11) is 0. The van der Waals surface area contributed by atoms with Gasteiger partial charge in [-0.1, -0.05) is 11.6 Å². The second-order valence-corrected chi connectivity index (χ2v) is 3.01. The Morgan fingerprint density at radius 1 is 1.21 bits per heavy atom. The van der Waals surface area contributed by atoms with Crippen LogP contribution in [0.3, 0.4) is 0 Å². The van der Waals surface area contributed by atoms with E-state index in [1.165, 1.54) is 6.07 Å². The van der Waals surface area contributed by atoms with E-state index >= 15 is 0 Å². The van der Waals surface area contributed by atoms with Crippen molar-refractivity contribution in [1.29, 1.82) is 0 Å². The molecule has 0 radical (unpaired) electrons. The minimum atomic E-state index is -4.39. The minimum Gasteiger partial charge on any atom is -0.166 e. The van der Waals surface area contributed by atoms with Crippen LogP contribution >= 0.6 is 23.2 Å². The van der Waals surface area contributed by atoms with Crippen LogP contribution in [0.5, 0.6) is 0 Å². The summed E-state index contributed by atoms with van der Waals surface area (Å²) in [5.74, 6) is 2.37. The van der Waals surface area contributed by atoms with Gasteiger partial charge in [0.1, 0.15) is 0 Å². The molecule has 0 spiro atoms. The topological polar surface area (TPSA) is 0 Å². The molecule has 0 heterocycles. The SMILES string of the molecule is FC(F)(F)c1ccc(C#CCl)c(Cl)c1. The molecule has 0 aliphatic heterocycles. The first-order valence-electron chi connectivity index (χ1n) is 3.43. The quantitative estimate of drug-likeness (QED) is 0.602. The molecule has 5 heteroatoms. The van der Waals surface area contributed by atoms with E-state index < -0.39 is 11.7 Å². The van der Waals surface area contributed by atoms with Crippen LogP contribution in [-0.4, -0.2) is 0 Å². The van der Waals surface area contributed by atoms with Gasteiger partial charge in [0, 0.05) is 10.9 Å². The number of halogens is 5. The Bertz CT molecular complexity index is 399. The number of benzene rings is 1. The molecule has 0 amide bonds. The van der Waals surface area contributed by atoms with Crippen LogP contribution in [0.1, 0.15) is 11.1 Å². The van der Waals surface area contributed by atoms with Crippen molar-refractivity contribution in [2.75, 3.05) is 0 Å². The van der Waals surface area contributed by atoms with Gasteiger partial charge in [-0.3, -0.25) is 0 Å². The lowest BCUT2D eigenvalue weighted by atomic mass is 10.1. The van der Waals surface area contributed by atoms with Crippen molar-refractivity contribution >= 4 is 23.2 Å². The van der Waals surface area contributed by atoms with Gasteiger partial charge in [-0.15, -0.1) is 0 Å². The van der Waals surface area contributed by atoms with Crippen molar-refractivity contribution in [2.24, 2.45) is 0 Å². The van der Waals surface area contributed by atoms with E-state index in [1.807, 2.05) is 5.38 Å². The van der Waals surface area contributed by atoms with Crippen molar-refractivity contribution in [1.82, 2.24) is 0 Å². The Morgan fingerprint density at radius 3 is 2.29 bits per heavy atom. The summed E-state index contributed by atoms with van der Waals surface area (Å²) in [6.07, 6.45) is -4.39. The van der Waals surface area contributed by atoms with Gasteiger partial charge in [0.15, 0.2) is 0 Å². The lowest BCUT2D eigenvalue weighted by Crippen LogP contribution is -2.04. The van der Waals surface area contributed by atoms with Crippen LogP contribution in [0.15, 0.2) is 18.2 Å². The highest BCUT2D eigenvalue weighted by molar-refractivity contribution is 6.33. The monoisotopic (exact) mass is 238 g/mol. The fourth-order valence-electron chi connectivity index (χ4n) is 0.844. The summed E-state index contributed by atoms with van der Waals surface area (Å²) >= 11 is 10.6. The fourth-order valence-corrected chi connectivity index (χ4v) is 1.17. The predicted octanol–water partition coefficient (Wildman–Crippen LogP) is 3.91. The van der Waals surface area contributed by atoms with E-state index in [0.29, 0.717) is 0 Å². The second kappa shape index (κ2) is 4.12. The maximum atomic E-state index is 12.2. The third-order valence-electron chi connectivity index (χ3n) is 1.48. The normalized spacial score (nSPS) is 10.6. The first-order valence-corrected chi connectivity index (χ1v) is 4.19. The molecule has 74 valence electrons. The van der Waals surface area contributed by atoms with Crippen molar-refractivity contribution in [3.63, 3.8) is 0 Å². The summed E-state index contributed by atoms with van der Waals surface area (Å²) < 4.78 is 36.5. The minimum absolute atomic E-state index is 0.0621. The van der Waals surface area contributed by atoms with Gasteiger partial charge in [-0.2, -0.15) is 13.2 Å². The van der Waals surface area contributed by atoms with Gasteiger partial charge in [0.25, 0.3) is 0 Å². The highest BCUT2D eigenvalue weighted by Crippen LogP contribution is 2.31. The van der Waals surface area contributed by atoms with Gasteiger partial charge in [0.2, 0.25) is 0 Å². The van der Waals surface area contributed by atoms with Crippen LogP contribution in [0.25, 0.3) is 0 Å². The van der Waals surface area contributed by atoms with E-state index in [1.54, 1.807) is 0 Å². The molecule has 14 heavy (non-hydrogen) atoms. The Hall–Kier alpha value is -0.850. The number of alkyl halides is 3. The zero-order chi connectivity index (χ0) is 10.8. The van der Waals surface area contributed by atoms with E-state index in [-0.39, 0.29) is 10.6 Å². The third-order valence-corrected chi connectivity index (χ3v) is 1.89. The molecule has 0 saturated carbocycles. The van der Waals surface area contributed by atoms with Crippen LogP contribution in [0.4, 0.5) is 13.2 Å². The number of hydrogen-bond acceptors (Lipinski definition) is 0. The standard InChI is InChI=1S/C9H3Cl2F3/c10-4-3-6-1-2-7(5-8(6)11)9(12,13)14/h1-2,5H. The smallest absolute Gasteiger partial charge is 0.166 e. The Labute approximate surface area is 88.6 Å². The number of rotatable bonds is 0. The highest BCUT2D eigenvalue weighted by atomic mass is 35.5. The molecule has 0 aliphatic rings. The summed E-state index contributed by atoms with van der Waals surface area (Å²) in [6, 6.07) is 2.90. The maximum Gasteiger partial charge on any atom is 0.416 e. The van der Waals surface area contributed by atoms with Crippen molar-refractivity contribution < 1.29 is 13.2 Å². The molecule has 0 N–H and O–H groups in total. The van der Waals surface area contributed by atoms with Gasteiger partial charge in [-0.05, 0) is 35.7 Å². The van der Waals surface area contributed by atoms with E-state index in [2.05, 4.69) is 5.92 Å². The zero-order valence-electron chi connectivity index (χ0n) is 6.62. The Kier molecular flexibility index (Phi) is 3.30. The molecule has 0 nitrogen and oxygen atoms in total. The molecule has 1 rings (SSSR count). The molecule has 0 bridgehead atoms. The summed E-state index contributed by atoms with van der Waals surface area (Å²) in [4.78, 5) is 0. The van der Waals surface area contributed by atoms with E-state index in [4.69, 9.17) is 23.2 Å². The Morgan fingerprint density at radius 2 is 1.86 bits per heavy atom. The van der Waals surface area contributed by atoms with Gasteiger partial charge in [-0.25, -0.2) is 0 Å². The second-order valence-electron chi connectivity index (χ2n) is 2.41. The molecule has 0 atom stereocenters. The summed E-state index contributed by atoms with van der Waals surface area (Å²) in [5, 5.41) is 1.98. The van der Waals surface area contributed by atoms with E-state index in [0.717, 1.165) is 12.1 Å². The van der Waals surface area contributed by atoms with Crippen LogP contribution in [-0.2, 0) is 6.18 Å². The van der Waals surface area contributed by atoms with Crippen LogP contribution in [0, 0.1) is 11.3 Å². The van der Waals surface area contributed by atoms with Crippen LogP contribution in [0.2, 0.25) is 5.02 Å². The fraction of sp³-hybridized carbons (Fsp3) is 0.111. The molecule has 0 saturated heterocycles. The molecular weight excluding hydrogens is 236 g/mol. The first-order chi connectivity index (χ1) is 6.45. The van der Waals surface area contributed by atoms with Crippen LogP contribution < -0.4 is 0 Å². The Balaban J connectivity index is 3.17. The molecule has 1 aromatic rings. The predicted molar refractivity (Wildman–Crippen MR) is 49.2 cm³/mol. The average Bonchev–Trinajstić information content (AvgIpc) is 2.07. The molecule has 0 aliphatic carbocycles.